The number of halogens is 1. The van der Waals surface area contributed by atoms with Gasteiger partial charge < -0.3 is 15.0 Å². The third-order valence-corrected chi connectivity index (χ3v) is 4.13. The minimum absolute atomic E-state index is 0.0587. The maximum atomic E-state index is 11.7. The smallest absolute Gasteiger partial charge is 0.257 e. The SMILES string of the molecule is O=C(COc1ccc(Br)cc1)NCCCN1CCCCC1. The molecule has 1 N–H and O–H groups in total. The Morgan fingerprint density at radius 1 is 1.19 bits per heavy atom. The molecule has 0 saturated carbocycles. The van der Waals surface area contributed by atoms with Gasteiger partial charge in [0.2, 0.25) is 0 Å². The molecule has 0 aliphatic carbocycles. The number of hydrogen-bond acceptors (Lipinski definition) is 3. The molecule has 0 radical (unpaired) electrons. The number of nitrogens with zero attached hydrogens (tertiary/aromatic N) is 1. The summed E-state index contributed by atoms with van der Waals surface area (Å²) in [5.74, 6) is 0.651. The topological polar surface area (TPSA) is 41.6 Å². The minimum Gasteiger partial charge on any atom is -0.484 e. The maximum absolute atomic E-state index is 11.7. The van der Waals surface area contributed by atoms with Crippen molar-refractivity contribution in [2.24, 2.45) is 0 Å². The molecule has 0 aromatic heterocycles. The van der Waals surface area contributed by atoms with Gasteiger partial charge in [0.05, 0.1) is 0 Å². The molecule has 1 aromatic carbocycles. The van der Waals surface area contributed by atoms with E-state index in [-0.39, 0.29) is 12.5 Å². The molecule has 21 heavy (non-hydrogen) atoms. The van der Waals surface area contributed by atoms with Gasteiger partial charge in [-0.05, 0) is 63.2 Å². The molecule has 5 heteroatoms. The first kappa shape index (κ1) is 16.3. The molecule has 1 aliphatic heterocycles. The van der Waals surface area contributed by atoms with Gasteiger partial charge in [0.1, 0.15) is 5.75 Å². The fraction of sp³-hybridized carbons (Fsp3) is 0.562. The third-order valence-electron chi connectivity index (χ3n) is 3.61. The van der Waals surface area contributed by atoms with Crippen LogP contribution >= 0.6 is 15.9 Å². The van der Waals surface area contributed by atoms with Crippen LogP contribution in [0.5, 0.6) is 5.75 Å². The third kappa shape index (κ3) is 6.48. The van der Waals surface area contributed by atoms with Gasteiger partial charge >= 0.3 is 0 Å². The molecule has 1 amide bonds. The van der Waals surface area contributed by atoms with Crippen molar-refractivity contribution in [2.75, 3.05) is 32.8 Å². The molecule has 116 valence electrons. The summed E-state index contributed by atoms with van der Waals surface area (Å²) >= 11 is 3.36. The highest BCUT2D eigenvalue weighted by molar-refractivity contribution is 9.10. The van der Waals surface area contributed by atoms with Gasteiger partial charge in [-0.15, -0.1) is 0 Å². The zero-order valence-electron chi connectivity index (χ0n) is 12.3. The molecule has 0 atom stereocenters. The Morgan fingerprint density at radius 2 is 1.90 bits per heavy atom. The summed E-state index contributed by atoms with van der Waals surface area (Å²) in [6.45, 7) is 4.29. The van der Waals surface area contributed by atoms with Crippen molar-refractivity contribution in [1.29, 1.82) is 0 Å². The van der Waals surface area contributed by atoms with Crippen molar-refractivity contribution in [3.63, 3.8) is 0 Å². The van der Waals surface area contributed by atoms with E-state index in [1.807, 2.05) is 24.3 Å². The number of hydrogen-bond donors (Lipinski definition) is 1. The summed E-state index contributed by atoms with van der Waals surface area (Å²) in [5, 5.41) is 2.90. The quantitative estimate of drug-likeness (QED) is 0.765. The van der Waals surface area contributed by atoms with Gasteiger partial charge in [0, 0.05) is 11.0 Å². The second-order valence-electron chi connectivity index (χ2n) is 5.35. The van der Waals surface area contributed by atoms with Crippen LogP contribution in [0.3, 0.4) is 0 Å². The second kappa shape index (κ2) is 9.05. The van der Waals surface area contributed by atoms with Crippen LogP contribution in [0.15, 0.2) is 28.7 Å². The van der Waals surface area contributed by atoms with E-state index in [1.54, 1.807) is 0 Å². The van der Waals surface area contributed by atoms with Crippen molar-refractivity contribution >= 4 is 21.8 Å². The number of amides is 1. The predicted molar refractivity (Wildman–Crippen MR) is 87.6 cm³/mol. The summed E-state index contributed by atoms with van der Waals surface area (Å²) in [4.78, 5) is 14.2. The second-order valence-corrected chi connectivity index (χ2v) is 6.26. The number of rotatable bonds is 7. The summed E-state index contributed by atoms with van der Waals surface area (Å²) in [6, 6.07) is 7.47. The molecular formula is C16H23BrN2O2. The Balaban J connectivity index is 1.54. The molecule has 0 bridgehead atoms. The van der Waals surface area contributed by atoms with E-state index >= 15 is 0 Å². The first-order chi connectivity index (χ1) is 10.2. The largest absolute Gasteiger partial charge is 0.484 e. The van der Waals surface area contributed by atoms with Crippen molar-refractivity contribution in [3.8, 4) is 5.75 Å². The zero-order chi connectivity index (χ0) is 14.9. The van der Waals surface area contributed by atoms with Crippen LogP contribution < -0.4 is 10.1 Å². The molecular weight excluding hydrogens is 332 g/mol. The van der Waals surface area contributed by atoms with Crippen LogP contribution in [0.2, 0.25) is 0 Å². The van der Waals surface area contributed by atoms with Gasteiger partial charge in [-0.3, -0.25) is 4.79 Å². The molecule has 1 fully saturated rings. The van der Waals surface area contributed by atoms with Crippen LogP contribution in [0.25, 0.3) is 0 Å². The van der Waals surface area contributed by atoms with E-state index in [1.165, 1.54) is 32.4 Å². The predicted octanol–water partition coefficient (Wildman–Crippen LogP) is 2.82. The van der Waals surface area contributed by atoms with Crippen molar-refractivity contribution in [1.82, 2.24) is 10.2 Å². The fourth-order valence-electron chi connectivity index (χ4n) is 2.44. The van der Waals surface area contributed by atoms with Gasteiger partial charge in [0.15, 0.2) is 6.61 Å². The Labute approximate surface area is 135 Å². The maximum Gasteiger partial charge on any atom is 0.257 e. The highest BCUT2D eigenvalue weighted by Crippen LogP contribution is 2.15. The van der Waals surface area contributed by atoms with Crippen LogP contribution in [-0.2, 0) is 4.79 Å². The van der Waals surface area contributed by atoms with Crippen LogP contribution in [-0.4, -0.2) is 43.6 Å². The van der Waals surface area contributed by atoms with Gasteiger partial charge in [-0.1, -0.05) is 22.4 Å². The summed E-state index contributed by atoms with van der Waals surface area (Å²) in [7, 11) is 0. The molecule has 0 spiro atoms. The van der Waals surface area contributed by atoms with Crippen molar-refractivity contribution in [3.05, 3.63) is 28.7 Å². The fourth-order valence-corrected chi connectivity index (χ4v) is 2.71. The van der Waals surface area contributed by atoms with E-state index in [0.717, 1.165) is 24.0 Å². The lowest BCUT2D eigenvalue weighted by molar-refractivity contribution is -0.123. The molecule has 2 rings (SSSR count). The highest BCUT2D eigenvalue weighted by Gasteiger charge is 2.09. The lowest BCUT2D eigenvalue weighted by atomic mass is 10.1. The standard InChI is InChI=1S/C16H23BrN2O2/c17-14-5-7-15(8-6-14)21-13-16(20)18-9-4-12-19-10-2-1-3-11-19/h5-8H,1-4,9-13H2,(H,18,20). The van der Waals surface area contributed by atoms with E-state index in [9.17, 15) is 4.79 Å². The Kier molecular flexibility index (Phi) is 7.03. The number of ether oxygens (including phenoxy) is 1. The summed E-state index contributed by atoms with van der Waals surface area (Å²) < 4.78 is 6.42. The number of nitrogens with one attached hydrogen (secondary N) is 1. The van der Waals surface area contributed by atoms with Gasteiger partial charge in [-0.2, -0.15) is 0 Å². The zero-order valence-corrected chi connectivity index (χ0v) is 13.9. The number of benzene rings is 1. The molecule has 0 unspecified atom stereocenters. The average molecular weight is 355 g/mol. The lowest BCUT2D eigenvalue weighted by Crippen LogP contribution is -2.34. The summed E-state index contributed by atoms with van der Waals surface area (Å²) in [6.07, 6.45) is 4.99. The Bertz CT molecular complexity index is 430. The van der Waals surface area contributed by atoms with E-state index in [0.29, 0.717) is 5.75 Å². The molecule has 1 aromatic rings. The van der Waals surface area contributed by atoms with E-state index in [2.05, 4.69) is 26.1 Å². The number of likely N-dealkylation sites (tertiary alicyclic amines) is 1. The normalized spacial score (nSPS) is 15.7. The monoisotopic (exact) mass is 354 g/mol. The lowest BCUT2D eigenvalue weighted by Gasteiger charge is -2.26. The Hall–Kier alpha value is -1.07. The average Bonchev–Trinajstić information content (AvgIpc) is 2.52. The summed E-state index contributed by atoms with van der Waals surface area (Å²) in [5.41, 5.74) is 0. The molecule has 1 aliphatic rings. The van der Waals surface area contributed by atoms with Crippen molar-refractivity contribution in [2.45, 2.75) is 25.7 Å². The van der Waals surface area contributed by atoms with Gasteiger partial charge in [-0.25, -0.2) is 0 Å². The molecule has 4 nitrogen and oxygen atoms in total. The van der Waals surface area contributed by atoms with Crippen molar-refractivity contribution < 1.29 is 9.53 Å². The van der Waals surface area contributed by atoms with Crippen LogP contribution in [0.1, 0.15) is 25.7 Å². The molecule has 1 saturated heterocycles. The number of carbonyl (C=O) groups is 1. The first-order valence-corrected chi connectivity index (χ1v) is 8.41. The van der Waals surface area contributed by atoms with E-state index < -0.39 is 0 Å². The minimum atomic E-state index is -0.0587. The van der Waals surface area contributed by atoms with Gasteiger partial charge in [0.25, 0.3) is 5.91 Å². The highest BCUT2D eigenvalue weighted by atomic mass is 79.9. The van der Waals surface area contributed by atoms with E-state index in [4.69, 9.17) is 4.74 Å². The Morgan fingerprint density at radius 3 is 2.62 bits per heavy atom. The molecule has 1 heterocycles. The first-order valence-electron chi connectivity index (χ1n) is 7.61. The van der Waals surface area contributed by atoms with Crippen LogP contribution in [0, 0.1) is 0 Å². The number of carbonyl (C=O) groups excluding carboxylic acids is 1. The number of piperidine rings is 1. The van der Waals surface area contributed by atoms with Crippen LogP contribution in [0.4, 0.5) is 0 Å².